The summed E-state index contributed by atoms with van der Waals surface area (Å²) in [6.07, 6.45) is 1.48. The van der Waals surface area contributed by atoms with Crippen molar-refractivity contribution >= 4 is 5.91 Å². The first-order valence-electron chi connectivity index (χ1n) is 6.69. The van der Waals surface area contributed by atoms with Gasteiger partial charge in [0.15, 0.2) is 0 Å². The minimum absolute atomic E-state index is 0.183. The van der Waals surface area contributed by atoms with E-state index < -0.39 is 0 Å². The summed E-state index contributed by atoms with van der Waals surface area (Å²) >= 11 is 0. The molecule has 0 aromatic heterocycles. The molecule has 4 heteroatoms. The third-order valence-electron chi connectivity index (χ3n) is 3.07. The highest BCUT2D eigenvalue weighted by atomic mass is 16.3. The first-order chi connectivity index (χ1) is 8.06. The largest absolute Gasteiger partial charge is 0.395 e. The molecule has 0 rings (SSSR count). The highest BCUT2D eigenvalue weighted by Gasteiger charge is 2.12. The molecule has 0 radical (unpaired) electrons. The van der Waals surface area contributed by atoms with Crippen molar-refractivity contribution in [2.75, 3.05) is 32.8 Å². The summed E-state index contributed by atoms with van der Waals surface area (Å²) in [5.74, 6) is 0.239. The number of aliphatic hydroxyl groups excluding tert-OH is 1. The smallest absolute Gasteiger partial charge is 0.222 e. The number of aliphatic hydroxyl groups is 1. The zero-order valence-corrected chi connectivity index (χ0v) is 11.8. The van der Waals surface area contributed by atoms with E-state index in [1.165, 1.54) is 0 Å². The van der Waals surface area contributed by atoms with Crippen LogP contribution in [0.3, 0.4) is 0 Å². The van der Waals surface area contributed by atoms with Crippen molar-refractivity contribution in [1.29, 1.82) is 0 Å². The van der Waals surface area contributed by atoms with E-state index in [9.17, 15) is 4.79 Å². The second kappa shape index (κ2) is 9.42. The summed E-state index contributed by atoms with van der Waals surface area (Å²) in [7, 11) is 0. The summed E-state index contributed by atoms with van der Waals surface area (Å²) in [6, 6.07) is 0.422. The molecule has 4 nitrogen and oxygen atoms in total. The Balaban J connectivity index is 3.91. The van der Waals surface area contributed by atoms with Crippen LogP contribution in [-0.2, 0) is 4.79 Å². The van der Waals surface area contributed by atoms with Gasteiger partial charge in [0.05, 0.1) is 6.61 Å². The van der Waals surface area contributed by atoms with E-state index in [2.05, 4.69) is 18.7 Å². The first kappa shape index (κ1) is 16.4. The Morgan fingerprint density at radius 2 is 1.76 bits per heavy atom. The van der Waals surface area contributed by atoms with E-state index in [-0.39, 0.29) is 12.5 Å². The van der Waals surface area contributed by atoms with Gasteiger partial charge in [-0.3, -0.25) is 9.69 Å². The summed E-state index contributed by atoms with van der Waals surface area (Å²) in [5.41, 5.74) is 0. The molecule has 0 atom stereocenters. The van der Waals surface area contributed by atoms with Gasteiger partial charge in [-0.25, -0.2) is 0 Å². The average molecular weight is 244 g/mol. The van der Waals surface area contributed by atoms with E-state index in [1.807, 2.05) is 18.7 Å². The lowest BCUT2D eigenvalue weighted by Gasteiger charge is -2.26. The van der Waals surface area contributed by atoms with Gasteiger partial charge < -0.3 is 10.0 Å². The maximum atomic E-state index is 11.8. The minimum Gasteiger partial charge on any atom is -0.395 e. The monoisotopic (exact) mass is 244 g/mol. The van der Waals surface area contributed by atoms with Crippen LogP contribution in [0.1, 0.15) is 40.5 Å². The van der Waals surface area contributed by atoms with Crippen LogP contribution < -0.4 is 0 Å². The number of nitrogens with zero attached hydrogens (tertiary/aromatic N) is 2. The number of hydrogen-bond acceptors (Lipinski definition) is 3. The molecule has 0 spiro atoms. The third-order valence-corrected chi connectivity index (χ3v) is 3.07. The Morgan fingerprint density at radius 1 is 1.18 bits per heavy atom. The molecule has 0 unspecified atom stereocenters. The Morgan fingerprint density at radius 3 is 2.18 bits per heavy atom. The Kier molecular flexibility index (Phi) is 9.09. The van der Waals surface area contributed by atoms with Gasteiger partial charge in [-0.2, -0.15) is 0 Å². The van der Waals surface area contributed by atoms with Crippen LogP contribution in [0.2, 0.25) is 0 Å². The lowest BCUT2D eigenvalue weighted by atomic mass is 10.2. The molecule has 0 aliphatic carbocycles. The van der Waals surface area contributed by atoms with Gasteiger partial charge in [-0.05, 0) is 40.7 Å². The van der Waals surface area contributed by atoms with Crippen molar-refractivity contribution in [3.63, 3.8) is 0 Å². The molecule has 0 aliphatic rings. The quantitative estimate of drug-likeness (QED) is 0.665. The fourth-order valence-electron chi connectivity index (χ4n) is 1.92. The minimum atomic E-state index is 0.183. The lowest BCUT2D eigenvalue weighted by Crippen LogP contribution is -2.35. The number of carbonyl (C=O) groups excluding carboxylic acids is 1. The van der Waals surface area contributed by atoms with Gasteiger partial charge in [0.1, 0.15) is 0 Å². The fraction of sp³-hybridized carbons (Fsp3) is 0.923. The van der Waals surface area contributed by atoms with Crippen molar-refractivity contribution in [2.24, 2.45) is 0 Å². The van der Waals surface area contributed by atoms with Crippen LogP contribution in [0.5, 0.6) is 0 Å². The molecule has 0 bridgehead atoms. The van der Waals surface area contributed by atoms with Crippen LogP contribution in [-0.4, -0.2) is 59.6 Å². The Hall–Kier alpha value is -0.610. The molecule has 0 heterocycles. The third kappa shape index (κ3) is 6.64. The van der Waals surface area contributed by atoms with E-state index in [1.54, 1.807) is 0 Å². The zero-order valence-electron chi connectivity index (χ0n) is 11.8. The topological polar surface area (TPSA) is 43.8 Å². The summed E-state index contributed by atoms with van der Waals surface area (Å²) in [6.45, 7) is 11.6. The van der Waals surface area contributed by atoms with Crippen molar-refractivity contribution in [1.82, 2.24) is 9.80 Å². The van der Waals surface area contributed by atoms with Gasteiger partial charge in [0.2, 0.25) is 5.91 Å². The van der Waals surface area contributed by atoms with Gasteiger partial charge in [0, 0.05) is 32.1 Å². The van der Waals surface area contributed by atoms with E-state index in [0.29, 0.717) is 19.0 Å². The molecular formula is C13H28N2O2. The molecule has 0 fully saturated rings. The maximum absolute atomic E-state index is 11.8. The molecule has 0 saturated heterocycles. The normalized spacial score (nSPS) is 11.2. The lowest BCUT2D eigenvalue weighted by molar-refractivity contribution is -0.131. The molecule has 0 aromatic carbocycles. The van der Waals surface area contributed by atoms with Crippen LogP contribution in [0.4, 0.5) is 0 Å². The van der Waals surface area contributed by atoms with Crippen molar-refractivity contribution in [3.05, 3.63) is 0 Å². The van der Waals surface area contributed by atoms with E-state index in [4.69, 9.17) is 5.11 Å². The van der Waals surface area contributed by atoms with Gasteiger partial charge >= 0.3 is 0 Å². The Labute approximate surface area is 106 Å². The Bertz CT molecular complexity index is 204. The molecule has 102 valence electrons. The molecule has 1 N–H and O–H groups in total. The van der Waals surface area contributed by atoms with Crippen LogP contribution in [0, 0.1) is 0 Å². The predicted octanol–water partition coefficient (Wildman–Crippen LogP) is 1.34. The van der Waals surface area contributed by atoms with E-state index >= 15 is 0 Å². The highest BCUT2D eigenvalue weighted by Crippen LogP contribution is 2.03. The SMILES string of the molecule is CCN(CC)C(=O)CCCN(CCO)C(C)C. The van der Waals surface area contributed by atoms with Crippen LogP contribution >= 0.6 is 0 Å². The summed E-state index contributed by atoms with van der Waals surface area (Å²) < 4.78 is 0. The summed E-state index contributed by atoms with van der Waals surface area (Å²) in [4.78, 5) is 15.8. The molecule has 0 aliphatic heterocycles. The molecular weight excluding hydrogens is 216 g/mol. The number of rotatable bonds is 9. The maximum Gasteiger partial charge on any atom is 0.222 e. The van der Waals surface area contributed by atoms with Gasteiger partial charge in [-0.15, -0.1) is 0 Å². The number of hydrogen-bond donors (Lipinski definition) is 1. The standard InChI is InChI=1S/C13H28N2O2/c1-5-14(6-2)13(17)8-7-9-15(10-11-16)12(3)4/h12,16H,5-11H2,1-4H3. The van der Waals surface area contributed by atoms with E-state index in [0.717, 1.165) is 26.1 Å². The number of amides is 1. The van der Waals surface area contributed by atoms with Crippen LogP contribution in [0.15, 0.2) is 0 Å². The predicted molar refractivity (Wildman–Crippen MR) is 71.0 cm³/mol. The molecule has 0 aromatic rings. The fourth-order valence-corrected chi connectivity index (χ4v) is 1.92. The zero-order chi connectivity index (χ0) is 13.3. The molecule has 0 saturated carbocycles. The van der Waals surface area contributed by atoms with Crippen molar-refractivity contribution in [3.8, 4) is 0 Å². The molecule has 17 heavy (non-hydrogen) atoms. The second-order valence-electron chi connectivity index (χ2n) is 4.52. The second-order valence-corrected chi connectivity index (χ2v) is 4.52. The summed E-state index contributed by atoms with van der Waals surface area (Å²) in [5, 5.41) is 8.94. The van der Waals surface area contributed by atoms with Crippen molar-refractivity contribution in [2.45, 2.75) is 46.6 Å². The number of carbonyl (C=O) groups is 1. The van der Waals surface area contributed by atoms with Crippen molar-refractivity contribution < 1.29 is 9.90 Å². The van der Waals surface area contributed by atoms with Gasteiger partial charge in [0.25, 0.3) is 0 Å². The first-order valence-corrected chi connectivity index (χ1v) is 6.69. The average Bonchev–Trinajstić information content (AvgIpc) is 2.29. The van der Waals surface area contributed by atoms with Crippen LogP contribution in [0.25, 0.3) is 0 Å². The molecule has 1 amide bonds. The van der Waals surface area contributed by atoms with Gasteiger partial charge in [-0.1, -0.05) is 0 Å². The highest BCUT2D eigenvalue weighted by molar-refractivity contribution is 5.76.